The van der Waals surface area contributed by atoms with Crippen molar-refractivity contribution in [3.8, 4) is 6.07 Å². The Bertz CT molecular complexity index is 230. The molecule has 0 aromatic rings. The Balaban J connectivity index is 2.03. The normalized spacial score (nSPS) is 33.4. The standard InChI is InChI=1S/C10H16N2O/c1-12-4-2-3-9(5-12)10(6-11)7-13-8-10/h9H,2-5,7-8H2,1H3. The molecule has 2 aliphatic rings. The number of hydrogen-bond acceptors (Lipinski definition) is 3. The third-order valence-electron chi connectivity index (χ3n) is 3.35. The Hall–Kier alpha value is -0.590. The van der Waals surface area contributed by atoms with Crippen LogP contribution in [0, 0.1) is 22.7 Å². The van der Waals surface area contributed by atoms with Gasteiger partial charge in [-0.1, -0.05) is 0 Å². The quantitative estimate of drug-likeness (QED) is 0.600. The SMILES string of the molecule is CN1CCCC(C2(C#N)COC2)C1. The number of nitrogens with zero attached hydrogens (tertiary/aromatic N) is 2. The highest BCUT2D eigenvalue weighted by atomic mass is 16.5. The molecule has 0 aromatic carbocycles. The van der Waals surface area contributed by atoms with Gasteiger partial charge in [0.25, 0.3) is 0 Å². The van der Waals surface area contributed by atoms with Gasteiger partial charge in [-0.25, -0.2) is 0 Å². The predicted molar refractivity (Wildman–Crippen MR) is 49.1 cm³/mol. The fourth-order valence-corrected chi connectivity index (χ4v) is 2.33. The minimum Gasteiger partial charge on any atom is -0.378 e. The lowest BCUT2D eigenvalue weighted by Crippen LogP contribution is -2.52. The summed E-state index contributed by atoms with van der Waals surface area (Å²) in [6, 6.07) is 2.45. The first kappa shape index (κ1) is 8.98. The zero-order valence-corrected chi connectivity index (χ0v) is 8.12. The van der Waals surface area contributed by atoms with Gasteiger partial charge in [0.2, 0.25) is 0 Å². The van der Waals surface area contributed by atoms with Crippen LogP contribution in [-0.4, -0.2) is 38.3 Å². The average molecular weight is 180 g/mol. The van der Waals surface area contributed by atoms with Crippen LogP contribution in [-0.2, 0) is 4.74 Å². The Morgan fingerprint density at radius 3 is 2.77 bits per heavy atom. The number of hydrogen-bond donors (Lipinski definition) is 0. The van der Waals surface area contributed by atoms with E-state index >= 15 is 0 Å². The Labute approximate surface area is 79.3 Å². The van der Waals surface area contributed by atoms with Gasteiger partial charge in [0.1, 0.15) is 5.41 Å². The minimum absolute atomic E-state index is 0.144. The topological polar surface area (TPSA) is 36.3 Å². The fourth-order valence-electron chi connectivity index (χ4n) is 2.33. The van der Waals surface area contributed by atoms with Gasteiger partial charge >= 0.3 is 0 Å². The number of rotatable bonds is 1. The number of piperidine rings is 1. The van der Waals surface area contributed by atoms with Gasteiger partial charge in [0.15, 0.2) is 0 Å². The largest absolute Gasteiger partial charge is 0.378 e. The lowest BCUT2D eigenvalue weighted by molar-refractivity contribution is -0.120. The summed E-state index contributed by atoms with van der Waals surface area (Å²) in [6.07, 6.45) is 2.42. The van der Waals surface area contributed by atoms with Crippen LogP contribution in [0.25, 0.3) is 0 Å². The summed E-state index contributed by atoms with van der Waals surface area (Å²) in [5, 5.41) is 9.13. The molecule has 3 heteroatoms. The molecule has 2 saturated heterocycles. The lowest BCUT2D eigenvalue weighted by Gasteiger charge is -2.45. The van der Waals surface area contributed by atoms with E-state index in [2.05, 4.69) is 18.0 Å². The van der Waals surface area contributed by atoms with Crippen LogP contribution in [0.2, 0.25) is 0 Å². The highest BCUT2D eigenvalue weighted by Crippen LogP contribution is 2.39. The highest BCUT2D eigenvalue weighted by Gasteiger charge is 2.46. The molecule has 2 fully saturated rings. The zero-order valence-electron chi connectivity index (χ0n) is 8.12. The summed E-state index contributed by atoms with van der Waals surface area (Å²) < 4.78 is 5.18. The number of likely N-dealkylation sites (tertiary alicyclic amines) is 1. The Kier molecular flexibility index (Phi) is 2.27. The first-order valence-electron chi connectivity index (χ1n) is 4.94. The number of ether oxygens (including phenoxy) is 1. The minimum atomic E-state index is -0.144. The molecule has 3 nitrogen and oxygen atoms in total. The van der Waals surface area contributed by atoms with Gasteiger partial charge < -0.3 is 9.64 Å². The summed E-state index contributed by atoms with van der Waals surface area (Å²) >= 11 is 0. The third-order valence-corrected chi connectivity index (χ3v) is 3.35. The molecule has 72 valence electrons. The maximum atomic E-state index is 9.13. The molecule has 2 aliphatic heterocycles. The second-order valence-corrected chi connectivity index (χ2v) is 4.36. The highest BCUT2D eigenvalue weighted by molar-refractivity contribution is 5.08. The van der Waals surface area contributed by atoms with Crippen molar-refractivity contribution < 1.29 is 4.74 Å². The van der Waals surface area contributed by atoms with Gasteiger partial charge in [-0.15, -0.1) is 0 Å². The lowest BCUT2D eigenvalue weighted by atomic mass is 9.71. The number of nitriles is 1. The van der Waals surface area contributed by atoms with Crippen molar-refractivity contribution in [2.75, 3.05) is 33.4 Å². The van der Waals surface area contributed by atoms with E-state index in [0.717, 1.165) is 6.54 Å². The van der Waals surface area contributed by atoms with Crippen LogP contribution < -0.4 is 0 Å². The van der Waals surface area contributed by atoms with Crippen molar-refractivity contribution in [1.82, 2.24) is 4.90 Å². The van der Waals surface area contributed by atoms with Gasteiger partial charge in [-0.3, -0.25) is 0 Å². The van der Waals surface area contributed by atoms with Gasteiger partial charge in [-0.2, -0.15) is 5.26 Å². The van der Waals surface area contributed by atoms with Crippen LogP contribution in [0.3, 0.4) is 0 Å². The van der Waals surface area contributed by atoms with Crippen molar-refractivity contribution in [2.24, 2.45) is 11.3 Å². The fraction of sp³-hybridized carbons (Fsp3) is 0.900. The molecule has 0 radical (unpaired) electrons. The van der Waals surface area contributed by atoms with Crippen molar-refractivity contribution in [3.05, 3.63) is 0 Å². The molecular formula is C10H16N2O. The van der Waals surface area contributed by atoms with Gasteiger partial charge in [-0.05, 0) is 32.4 Å². The Morgan fingerprint density at radius 1 is 1.54 bits per heavy atom. The first-order valence-corrected chi connectivity index (χ1v) is 4.94. The molecule has 0 amide bonds. The summed E-state index contributed by atoms with van der Waals surface area (Å²) in [5.74, 6) is 0.532. The molecule has 0 aromatic heterocycles. The van der Waals surface area contributed by atoms with Crippen molar-refractivity contribution >= 4 is 0 Å². The third kappa shape index (κ3) is 1.45. The van der Waals surface area contributed by atoms with E-state index in [1.807, 2.05) is 0 Å². The molecule has 0 spiro atoms. The van der Waals surface area contributed by atoms with E-state index in [1.54, 1.807) is 0 Å². The second-order valence-electron chi connectivity index (χ2n) is 4.36. The van der Waals surface area contributed by atoms with Crippen molar-refractivity contribution in [1.29, 1.82) is 5.26 Å². The summed E-state index contributed by atoms with van der Waals surface area (Å²) in [7, 11) is 2.14. The maximum absolute atomic E-state index is 9.13. The van der Waals surface area contributed by atoms with E-state index < -0.39 is 0 Å². The molecule has 2 rings (SSSR count). The zero-order chi connectivity index (χ0) is 9.31. The van der Waals surface area contributed by atoms with E-state index in [0.29, 0.717) is 19.1 Å². The monoisotopic (exact) mass is 180 g/mol. The van der Waals surface area contributed by atoms with E-state index in [9.17, 15) is 0 Å². The van der Waals surface area contributed by atoms with Gasteiger partial charge in [0.05, 0.1) is 19.3 Å². The molecule has 0 aliphatic carbocycles. The summed E-state index contributed by atoms with van der Waals surface area (Å²) in [4.78, 5) is 2.32. The molecule has 1 unspecified atom stereocenters. The van der Waals surface area contributed by atoms with Crippen molar-refractivity contribution in [3.63, 3.8) is 0 Å². The van der Waals surface area contributed by atoms with E-state index in [1.165, 1.54) is 19.4 Å². The van der Waals surface area contributed by atoms with Crippen LogP contribution in [0.5, 0.6) is 0 Å². The van der Waals surface area contributed by atoms with Crippen molar-refractivity contribution in [2.45, 2.75) is 12.8 Å². The summed E-state index contributed by atoms with van der Waals surface area (Å²) in [6.45, 7) is 3.56. The van der Waals surface area contributed by atoms with Crippen LogP contribution in [0.4, 0.5) is 0 Å². The molecule has 2 heterocycles. The maximum Gasteiger partial charge on any atom is 0.108 e. The summed E-state index contributed by atoms with van der Waals surface area (Å²) in [5.41, 5.74) is -0.144. The van der Waals surface area contributed by atoms with Crippen LogP contribution in [0.1, 0.15) is 12.8 Å². The van der Waals surface area contributed by atoms with E-state index in [-0.39, 0.29) is 5.41 Å². The molecule has 13 heavy (non-hydrogen) atoms. The molecule has 1 atom stereocenters. The molecular weight excluding hydrogens is 164 g/mol. The Morgan fingerprint density at radius 2 is 2.31 bits per heavy atom. The van der Waals surface area contributed by atoms with Crippen LogP contribution >= 0.6 is 0 Å². The second kappa shape index (κ2) is 3.28. The first-order chi connectivity index (χ1) is 6.27. The predicted octanol–water partition coefficient (Wildman–Crippen LogP) is 0.868. The molecule has 0 N–H and O–H groups in total. The molecule has 0 bridgehead atoms. The van der Waals surface area contributed by atoms with Gasteiger partial charge in [0, 0.05) is 6.54 Å². The molecule has 0 saturated carbocycles. The van der Waals surface area contributed by atoms with Crippen LogP contribution in [0.15, 0.2) is 0 Å². The average Bonchev–Trinajstić information content (AvgIpc) is 2.03. The smallest absolute Gasteiger partial charge is 0.108 e. The van der Waals surface area contributed by atoms with E-state index in [4.69, 9.17) is 10.00 Å².